The summed E-state index contributed by atoms with van der Waals surface area (Å²) in [6.45, 7) is 0.254. The molecule has 0 unspecified atom stereocenters. The summed E-state index contributed by atoms with van der Waals surface area (Å²) >= 11 is 0. The van der Waals surface area contributed by atoms with Gasteiger partial charge in [-0.15, -0.1) is 0 Å². The quantitative estimate of drug-likeness (QED) is 0.792. The number of ether oxygens (including phenoxy) is 3. The molecule has 0 N–H and O–H groups in total. The normalized spacial score (nSPS) is 12.8. The summed E-state index contributed by atoms with van der Waals surface area (Å²) in [6, 6.07) is 5.65. The summed E-state index contributed by atoms with van der Waals surface area (Å²) in [5.41, 5.74) is 1.75. The van der Waals surface area contributed by atoms with Crippen molar-refractivity contribution >= 4 is 0 Å². The highest BCUT2D eigenvalue weighted by molar-refractivity contribution is 5.71. The molecule has 1 aromatic carbocycles. The van der Waals surface area contributed by atoms with Crippen molar-refractivity contribution < 1.29 is 14.2 Å². The molecular formula is C12H12N2O3. The van der Waals surface area contributed by atoms with E-state index in [4.69, 9.17) is 14.2 Å². The summed E-state index contributed by atoms with van der Waals surface area (Å²) in [5.74, 6) is 2.17. The van der Waals surface area contributed by atoms with Gasteiger partial charge in [0, 0.05) is 24.9 Å². The van der Waals surface area contributed by atoms with Crippen molar-refractivity contribution in [3.05, 3.63) is 24.4 Å². The Morgan fingerprint density at radius 1 is 1.29 bits per heavy atom. The smallest absolute Gasteiger partial charge is 0.231 e. The van der Waals surface area contributed by atoms with Crippen molar-refractivity contribution in [3.8, 4) is 28.5 Å². The topological polar surface area (TPSA) is 45.5 Å². The minimum atomic E-state index is 0.254. The highest BCUT2D eigenvalue weighted by Gasteiger charge is 2.19. The van der Waals surface area contributed by atoms with Crippen molar-refractivity contribution in [1.82, 2.24) is 9.78 Å². The first-order valence-electron chi connectivity index (χ1n) is 5.25. The van der Waals surface area contributed by atoms with E-state index in [1.54, 1.807) is 11.8 Å². The maximum Gasteiger partial charge on any atom is 0.231 e. The van der Waals surface area contributed by atoms with E-state index in [9.17, 15) is 0 Å². The van der Waals surface area contributed by atoms with Gasteiger partial charge in [0.25, 0.3) is 0 Å². The molecule has 1 aliphatic rings. The first-order valence-corrected chi connectivity index (χ1v) is 5.25. The van der Waals surface area contributed by atoms with Gasteiger partial charge in [-0.2, -0.15) is 5.10 Å². The minimum absolute atomic E-state index is 0.254. The zero-order chi connectivity index (χ0) is 11.8. The van der Waals surface area contributed by atoms with Crippen LogP contribution in [0, 0.1) is 0 Å². The molecule has 0 saturated carbocycles. The van der Waals surface area contributed by atoms with Gasteiger partial charge in [0.15, 0.2) is 11.5 Å². The average Bonchev–Trinajstić information content (AvgIpc) is 2.94. The van der Waals surface area contributed by atoms with E-state index in [1.165, 1.54) is 0 Å². The van der Waals surface area contributed by atoms with Crippen LogP contribution in [-0.4, -0.2) is 23.7 Å². The lowest BCUT2D eigenvalue weighted by Crippen LogP contribution is -1.92. The zero-order valence-electron chi connectivity index (χ0n) is 9.64. The van der Waals surface area contributed by atoms with Gasteiger partial charge in [-0.3, -0.25) is 4.68 Å². The lowest BCUT2D eigenvalue weighted by Gasteiger charge is -2.07. The van der Waals surface area contributed by atoms with E-state index >= 15 is 0 Å². The van der Waals surface area contributed by atoms with Crippen LogP contribution >= 0.6 is 0 Å². The minimum Gasteiger partial charge on any atom is -0.496 e. The van der Waals surface area contributed by atoms with Crippen molar-refractivity contribution in [1.29, 1.82) is 0 Å². The number of aromatic nitrogens is 2. The summed E-state index contributed by atoms with van der Waals surface area (Å²) in [4.78, 5) is 0. The first kappa shape index (κ1) is 10.0. The van der Waals surface area contributed by atoms with Gasteiger partial charge in [-0.1, -0.05) is 0 Å². The Bertz CT molecular complexity index is 563. The van der Waals surface area contributed by atoms with Gasteiger partial charge in [0.2, 0.25) is 6.79 Å². The molecule has 0 fully saturated rings. The Hall–Kier alpha value is -2.17. The van der Waals surface area contributed by atoms with Crippen LogP contribution in [0.1, 0.15) is 0 Å². The van der Waals surface area contributed by atoms with Crippen LogP contribution in [0.15, 0.2) is 24.4 Å². The van der Waals surface area contributed by atoms with Gasteiger partial charge in [-0.25, -0.2) is 0 Å². The fraction of sp³-hybridized carbons (Fsp3) is 0.250. The van der Waals surface area contributed by atoms with Crippen LogP contribution in [0.5, 0.6) is 17.2 Å². The Kier molecular flexibility index (Phi) is 2.18. The predicted octanol–water partition coefficient (Wildman–Crippen LogP) is 1.82. The number of nitrogens with zero attached hydrogens (tertiary/aromatic N) is 2. The third kappa shape index (κ3) is 1.60. The average molecular weight is 232 g/mol. The van der Waals surface area contributed by atoms with Gasteiger partial charge < -0.3 is 14.2 Å². The highest BCUT2D eigenvalue weighted by atomic mass is 16.7. The number of fused-ring (bicyclic) bond motifs is 1. The third-order valence-corrected chi connectivity index (χ3v) is 2.68. The Morgan fingerprint density at radius 3 is 2.71 bits per heavy atom. The SMILES string of the molecule is COc1cc2c(cc1-c1ccn(C)n1)OCO2. The Balaban J connectivity index is 2.15. The number of rotatable bonds is 2. The molecule has 5 heteroatoms. The van der Waals surface area contributed by atoms with Gasteiger partial charge in [-0.05, 0) is 12.1 Å². The molecule has 0 bridgehead atoms. The summed E-state index contributed by atoms with van der Waals surface area (Å²) in [7, 11) is 3.51. The van der Waals surface area contributed by atoms with Crippen molar-refractivity contribution in [2.24, 2.45) is 7.05 Å². The molecular weight excluding hydrogens is 220 g/mol. The molecule has 2 aromatic rings. The van der Waals surface area contributed by atoms with Crippen LogP contribution in [0.4, 0.5) is 0 Å². The van der Waals surface area contributed by atoms with E-state index in [0.717, 1.165) is 22.8 Å². The lowest BCUT2D eigenvalue weighted by molar-refractivity contribution is 0.174. The number of hydrogen-bond donors (Lipinski definition) is 0. The number of aryl methyl sites for hydroxylation is 1. The molecule has 0 spiro atoms. The van der Waals surface area contributed by atoms with Gasteiger partial charge >= 0.3 is 0 Å². The molecule has 2 heterocycles. The molecule has 17 heavy (non-hydrogen) atoms. The second-order valence-corrected chi connectivity index (χ2v) is 3.78. The molecule has 1 aromatic heterocycles. The van der Waals surface area contributed by atoms with E-state index in [0.29, 0.717) is 5.75 Å². The second kappa shape index (κ2) is 3.69. The molecule has 88 valence electrons. The van der Waals surface area contributed by atoms with E-state index in [2.05, 4.69) is 5.10 Å². The number of hydrogen-bond acceptors (Lipinski definition) is 4. The van der Waals surface area contributed by atoms with Crippen LogP contribution in [0.25, 0.3) is 11.3 Å². The molecule has 0 aliphatic carbocycles. The molecule has 3 rings (SSSR count). The maximum absolute atomic E-state index is 5.35. The van der Waals surface area contributed by atoms with Crippen LogP contribution in [-0.2, 0) is 7.05 Å². The van der Waals surface area contributed by atoms with Crippen LogP contribution in [0.3, 0.4) is 0 Å². The summed E-state index contributed by atoms with van der Waals surface area (Å²) < 4.78 is 17.8. The van der Waals surface area contributed by atoms with Crippen molar-refractivity contribution in [3.63, 3.8) is 0 Å². The molecule has 0 amide bonds. The second-order valence-electron chi connectivity index (χ2n) is 3.78. The van der Waals surface area contributed by atoms with E-state index < -0.39 is 0 Å². The Morgan fingerprint density at radius 2 is 2.06 bits per heavy atom. The summed E-state index contributed by atoms with van der Waals surface area (Å²) in [6.07, 6.45) is 1.89. The first-order chi connectivity index (χ1) is 8.28. The maximum atomic E-state index is 5.35. The fourth-order valence-electron chi connectivity index (χ4n) is 1.85. The largest absolute Gasteiger partial charge is 0.496 e. The zero-order valence-corrected chi connectivity index (χ0v) is 9.64. The fourth-order valence-corrected chi connectivity index (χ4v) is 1.85. The standard InChI is InChI=1S/C12H12N2O3/c1-14-4-3-9(13-14)8-5-11-12(17-7-16-11)6-10(8)15-2/h3-6H,7H2,1-2H3. The highest BCUT2D eigenvalue weighted by Crippen LogP contribution is 2.41. The third-order valence-electron chi connectivity index (χ3n) is 2.68. The van der Waals surface area contributed by atoms with Crippen LogP contribution < -0.4 is 14.2 Å². The number of methoxy groups -OCH3 is 1. The van der Waals surface area contributed by atoms with Gasteiger partial charge in [0.1, 0.15) is 5.75 Å². The van der Waals surface area contributed by atoms with Crippen LogP contribution in [0.2, 0.25) is 0 Å². The Labute approximate surface area is 98.5 Å². The molecule has 0 atom stereocenters. The van der Waals surface area contributed by atoms with Crippen molar-refractivity contribution in [2.75, 3.05) is 13.9 Å². The lowest BCUT2D eigenvalue weighted by atomic mass is 10.1. The van der Waals surface area contributed by atoms with Crippen molar-refractivity contribution in [2.45, 2.75) is 0 Å². The number of benzene rings is 1. The molecule has 0 radical (unpaired) electrons. The molecule has 5 nitrogen and oxygen atoms in total. The predicted molar refractivity (Wildman–Crippen MR) is 61.3 cm³/mol. The van der Waals surface area contributed by atoms with Gasteiger partial charge in [0.05, 0.1) is 12.8 Å². The summed E-state index contributed by atoms with van der Waals surface area (Å²) in [5, 5.41) is 4.36. The van der Waals surface area contributed by atoms with E-state index in [-0.39, 0.29) is 6.79 Å². The van der Waals surface area contributed by atoms with E-state index in [1.807, 2.05) is 31.4 Å². The molecule has 0 saturated heterocycles. The molecule has 1 aliphatic heterocycles. The monoisotopic (exact) mass is 232 g/mol.